The van der Waals surface area contributed by atoms with E-state index in [0.29, 0.717) is 48.1 Å². The number of nitrogens with zero attached hydrogens (tertiary/aromatic N) is 2. The van der Waals surface area contributed by atoms with Gasteiger partial charge in [-0.2, -0.15) is 0 Å². The van der Waals surface area contributed by atoms with Gasteiger partial charge in [-0.3, -0.25) is 4.79 Å². The number of ether oxygens (including phenoxy) is 2. The Labute approximate surface area is 251 Å². The molecule has 0 saturated carbocycles. The summed E-state index contributed by atoms with van der Waals surface area (Å²) in [4.78, 5) is 28.3. The number of piperidine rings is 1. The van der Waals surface area contributed by atoms with Crippen molar-refractivity contribution in [1.82, 2.24) is 4.90 Å². The van der Waals surface area contributed by atoms with Crippen LogP contribution in [0.15, 0.2) is 60.7 Å². The van der Waals surface area contributed by atoms with Crippen LogP contribution in [0, 0.1) is 5.92 Å². The molecule has 0 aliphatic carbocycles. The van der Waals surface area contributed by atoms with Gasteiger partial charge in [0.2, 0.25) is 5.91 Å². The van der Waals surface area contributed by atoms with Gasteiger partial charge in [0.05, 0.1) is 31.3 Å². The molecule has 8 nitrogen and oxygen atoms in total. The van der Waals surface area contributed by atoms with E-state index < -0.39 is 17.7 Å². The molecule has 222 valence electrons. The first-order valence-corrected chi connectivity index (χ1v) is 14.6. The number of benzene rings is 3. The van der Waals surface area contributed by atoms with E-state index >= 15 is 0 Å². The number of amides is 2. The fraction of sp³-hybridized carbons (Fsp3) is 0.394. The number of anilines is 1. The second kappa shape index (κ2) is 11.9. The number of carboxylic acid groups (broad SMARTS) is 1. The Morgan fingerprint density at radius 2 is 1.67 bits per heavy atom. The summed E-state index contributed by atoms with van der Waals surface area (Å²) in [6.07, 6.45) is 0.349. The van der Waals surface area contributed by atoms with E-state index in [2.05, 4.69) is 0 Å². The van der Waals surface area contributed by atoms with E-state index in [1.807, 2.05) is 74.5 Å². The molecule has 2 aliphatic rings. The van der Waals surface area contributed by atoms with Crippen molar-refractivity contribution in [3.63, 3.8) is 0 Å². The molecule has 0 radical (unpaired) electrons. The second-order valence-corrected chi connectivity index (χ2v) is 11.9. The predicted octanol–water partition coefficient (Wildman–Crippen LogP) is 6.41. The smallest absolute Gasteiger partial charge is 0.407 e. The zero-order valence-electron chi connectivity index (χ0n) is 24.3. The van der Waals surface area contributed by atoms with Crippen molar-refractivity contribution in [2.75, 3.05) is 25.1 Å². The zero-order chi connectivity index (χ0) is 30.2. The highest BCUT2D eigenvalue weighted by atomic mass is 35.5. The maximum Gasteiger partial charge on any atom is 0.407 e. The van der Waals surface area contributed by atoms with Crippen molar-refractivity contribution in [3.8, 4) is 11.5 Å². The number of hydrogen-bond acceptors (Lipinski definition) is 5. The van der Waals surface area contributed by atoms with Crippen LogP contribution in [0.5, 0.6) is 11.5 Å². The van der Waals surface area contributed by atoms with Crippen LogP contribution < -0.4 is 14.4 Å². The Hall–Kier alpha value is -3.75. The van der Waals surface area contributed by atoms with E-state index in [1.165, 1.54) is 4.90 Å². The standard InChI is InChI=1S/C33H37ClN2O6/c1-20(2)42-29-19-27-22(17-28(29)41-4)18-30(37)36(31(27)21-5-9-25(34)10-6-21)26-11-7-23(8-12-26)33(3,40)24-13-15-35(16-14-24)32(38)39/h5-12,17,19-20,24,31,40H,13-16,18H2,1-4H3,(H,38,39). The summed E-state index contributed by atoms with van der Waals surface area (Å²) in [6, 6.07) is 18.4. The molecule has 0 aromatic heterocycles. The van der Waals surface area contributed by atoms with Crippen LogP contribution in [0.25, 0.3) is 0 Å². The number of rotatable bonds is 7. The molecular weight excluding hydrogens is 556 g/mol. The summed E-state index contributed by atoms with van der Waals surface area (Å²) >= 11 is 6.23. The van der Waals surface area contributed by atoms with Crippen LogP contribution in [0.1, 0.15) is 61.9 Å². The van der Waals surface area contributed by atoms with E-state index in [9.17, 15) is 19.8 Å². The Bertz CT molecular complexity index is 1450. The van der Waals surface area contributed by atoms with Crippen molar-refractivity contribution >= 4 is 29.3 Å². The zero-order valence-corrected chi connectivity index (χ0v) is 25.1. The summed E-state index contributed by atoms with van der Waals surface area (Å²) in [6.45, 7) is 6.48. The van der Waals surface area contributed by atoms with Crippen molar-refractivity contribution in [2.24, 2.45) is 5.92 Å². The number of aliphatic hydroxyl groups is 1. The number of methoxy groups -OCH3 is 1. The number of halogens is 1. The lowest BCUT2D eigenvalue weighted by atomic mass is 9.77. The lowest BCUT2D eigenvalue weighted by Crippen LogP contribution is -2.44. The van der Waals surface area contributed by atoms with Crippen LogP contribution >= 0.6 is 11.6 Å². The third-order valence-corrected chi connectivity index (χ3v) is 8.68. The van der Waals surface area contributed by atoms with E-state index in [0.717, 1.165) is 22.3 Å². The minimum Gasteiger partial charge on any atom is -0.493 e. The molecule has 2 atom stereocenters. The average Bonchev–Trinajstić information content (AvgIpc) is 2.96. The molecule has 2 N–H and O–H groups in total. The van der Waals surface area contributed by atoms with E-state index in [4.69, 9.17) is 21.1 Å². The minimum absolute atomic E-state index is 0.0658. The van der Waals surface area contributed by atoms with Gasteiger partial charge in [0, 0.05) is 23.8 Å². The lowest BCUT2D eigenvalue weighted by Gasteiger charge is -2.40. The highest BCUT2D eigenvalue weighted by Gasteiger charge is 2.39. The van der Waals surface area contributed by atoms with Crippen molar-refractivity contribution in [2.45, 2.75) is 57.8 Å². The minimum atomic E-state index is -1.14. The molecule has 2 unspecified atom stereocenters. The maximum absolute atomic E-state index is 13.8. The molecule has 3 aromatic carbocycles. The third-order valence-electron chi connectivity index (χ3n) is 8.43. The van der Waals surface area contributed by atoms with Gasteiger partial charge in [0.1, 0.15) is 0 Å². The molecule has 9 heteroatoms. The Morgan fingerprint density at radius 1 is 1.02 bits per heavy atom. The number of likely N-dealkylation sites (tertiary alicyclic amines) is 1. The second-order valence-electron chi connectivity index (χ2n) is 11.5. The molecule has 1 saturated heterocycles. The van der Waals surface area contributed by atoms with Crippen molar-refractivity contribution in [1.29, 1.82) is 0 Å². The van der Waals surface area contributed by atoms with Crippen molar-refractivity contribution in [3.05, 3.63) is 87.9 Å². The lowest BCUT2D eigenvalue weighted by molar-refractivity contribution is -0.118. The van der Waals surface area contributed by atoms with Crippen LogP contribution in [0.2, 0.25) is 5.02 Å². The molecule has 0 spiro atoms. The predicted molar refractivity (Wildman–Crippen MR) is 162 cm³/mol. The largest absolute Gasteiger partial charge is 0.493 e. The van der Waals surface area contributed by atoms with Gasteiger partial charge in [0.15, 0.2) is 11.5 Å². The first kappa shape index (κ1) is 29.7. The van der Waals surface area contributed by atoms with E-state index in [-0.39, 0.29) is 24.3 Å². The molecule has 42 heavy (non-hydrogen) atoms. The van der Waals surface area contributed by atoms with Crippen LogP contribution in [-0.4, -0.2) is 53.4 Å². The number of carbonyl (C=O) groups excluding carboxylic acids is 1. The first-order chi connectivity index (χ1) is 20.0. The first-order valence-electron chi connectivity index (χ1n) is 14.2. The third kappa shape index (κ3) is 5.78. The maximum atomic E-state index is 13.8. The quantitative estimate of drug-likeness (QED) is 0.329. The summed E-state index contributed by atoms with van der Waals surface area (Å²) in [5, 5.41) is 21.4. The summed E-state index contributed by atoms with van der Waals surface area (Å²) < 4.78 is 11.7. The normalized spacial score (nSPS) is 18.9. The van der Waals surface area contributed by atoms with Gasteiger partial charge < -0.3 is 29.5 Å². The van der Waals surface area contributed by atoms with Crippen molar-refractivity contribution < 1.29 is 29.3 Å². The summed E-state index contributed by atoms with van der Waals surface area (Å²) in [7, 11) is 1.59. The Balaban J connectivity index is 1.52. The molecule has 1 fully saturated rings. The molecule has 3 aromatic rings. The van der Waals surface area contributed by atoms with Gasteiger partial charge in [-0.15, -0.1) is 0 Å². The van der Waals surface area contributed by atoms with Crippen LogP contribution in [0.4, 0.5) is 10.5 Å². The highest BCUT2D eigenvalue weighted by molar-refractivity contribution is 6.30. The monoisotopic (exact) mass is 592 g/mol. The molecular formula is C33H37ClN2O6. The molecule has 5 rings (SSSR count). The summed E-state index contributed by atoms with van der Waals surface area (Å²) in [5.74, 6) is 1.04. The topological polar surface area (TPSA) is 99.5 Å². The fourth-order valence-electron chi connectivity index (χ4n) is 6.16. The summed E-state index contributed by atoms with van der Waals surface area (Å²) in [5.41, 5.74) is 3.00. The molecule has 2 aliphatic heterocycles. The fourth-order valence-corrected chi connectivity index (χ4v) is 6.28. The van der Waals surface area contributed by atoms with E-state index in [1.54, 1.807) is 18.9 Å². The van der Waals surface area contributed by atoms with Gasteiger partial charge in [0.25, 0.3) is 0 Å². The number of fused-ring (bicyclic) bond motifs is 1. The average molecular weight is 593 g/mol. The van der Waals surface area contributed by atoms with Gasteiger partial charge in [-0.1, -0.05) is 35.9 Å². The number of carbonyl (C=O) groups is 2. The van der Waals surface area contributed by atoms with Crippen LogP contribution in [0.3, 0.4) is 0 Å². The Morgan fingerprint density at radius 3 is 2.24 bits per heavy atom. The highest BCUT2D eigenvalue weighted by Crippen LogP contribution is 2.44. The van der Waals surface area contributed by atoms with Gasteiger partial charge in [-0.25, -0.2) is 4.79 Å². The molecule has 0 bridgehead atoms. The molecule has 2 heterocycles. The number of hydrogen-bond donors (Lipinski definition) is 2. The van der Waals surface area contributed by atoms with Gasteiger partial charge in [-0.05, 0) is 98.2 Å². The SMILES string of the molecule is COc1cc2c(cc1OC(C)C)C(c1ccc(Cl)cc1)N(c1ccc(C(C)(O)C3CCN(C(=O)O)CC3)cc1)C(=O)C2. The molecule has 2 amide bonds. The Kier molecular flexibility index (Phi) is 8.39. The van der Waals surface area contributed by atoms with Gasteiger partial charge >= 0.3 is 6.09 Å². The van der Waals surface area contributed by atoms with Crippen LogP contribution in [-0.2, 0) is 16.8 Å².